The van der Waals surface area contributed by atoms with E-state index in [9.17, 15) is 9.59 Å². The van der Waals surface area contributed by atoms with Crippen molar-refractivity contribution in [3.05, 3.63) is 89.5 Å². The molecular weight excluding hydrogens is 494 g/mol. The number of fused-ring (bicyclic) bond motifs is 1. The highest BCUT2D eigenvalue weighted by Crippen LogP contribution is 2.45. The van der Waals surface area contributed by atoms with Crippen LogP contribution in [0.3, 0.4) is 0 Å². The van der Waals surface area contributed by atoms with E-state index >= 15 is 0 Å². The lowest BCUT2D eigenvalue weighted by molar-refractivity contribution is -0.123. The first-order valence-corrected chi connectivity index (χ1v) is 13.4. The molecule has 2 heterocycles. The Hall–Kier alpha value is -3.88. The summed E-state index contributed by atoms with van der Waals surface area (Å²) in [6.07, 6.45) is 0.842. The van der Waals surface area contributed by atoms with Gasteiger partial charge in [-0.2, -0.15) is 0 Å². The minimum absolute atomic E-state index is 0.101. The van der Waals surface area contributed by atoms with Gasteiger partial charge in [0.2, 0.25) is 5.91 Å². The van der Waals surface area contributed by atoms with Crippen molar-refractivity contribution in [1.29, 1.82) is 0 Å². The third kappa shape index (κ3) is 5.77. The molecule has 0 bridgehead atoms. The Bertz CT molecular complexity index is 1270. The lowest BCUT2D eigenvalue weighted by Gasteiger charge is -2.42. The number of nitrogens with zero attached hydrogens (tertiary/aromatic N) is 2. The fourth-order valence-corrected chi connectivity index (χ4v) is 5.44. The van der Waals surface area contributed by atoms with Gasteiger partial charge in [-0.15, -0.1) is 0 Å². The lowest BCUT2D eigenvalue weighted by atomic mass is 9.78. The van der Waals surface area contributed by atoms with Crippen LogP contribution < -0.4 is 19.7 Å². The predicted molar refractivity (Wildman–Crippen MR) is 150 cm³/mol. The molecule has 5 rings (SSSR count). The van der Waals surface area contributed by atoms with Crippen LogP contribution >= 0.6 is 0 Å². The molecular formula is C31H35N3O5. The third-order valence-corrected chi connectivity index (χ3v) is 7.48. The molecule has 3 aromatic rings. The molecule has 8 nitrogen and oxygen atoms in total. The molecule has 2 aliphatic heterocycles. The summed E-state index contributed by atoms with van der Waals surface area (Å²) in [5.41, 5.74) is 2.81. The summed E-state index contributed by atoms with van der Waals surface area (Å²) in [7, 11) is 3.23. The maximum Gasteiger partial charge on any atom is 0.259 e. The third-order valence-electron chi connectivity index (χ3n) is 7.48. The standard InChI is InChI=1S/C31H35N3O5/c1-37-24-12-8-22(9-13-24)29-28(30(35)32-16-5-17-33-18-20-39-21-19-33)26-6-3-4-7-27(26)31(36)34(29)23-10-14-25(38-2)15-11-23/h3-4,6-15,28-29H,5,16-21H2,1-2H3,(H,32,35)/t28-,29-/m1/s1. The predicted octanol–water partition coefficient (Wildman–Crippen LogP) is 4.03. The highest BCUT2D eigenvalue weighted by atomic mass is 16.5. The summed E-state index contributed by atoms with van der Waals surface area (Å²) in [5.74, 6) is 0.558. The zero-order valence-electron chi connectivity index (χ0n) is 22.5. The van der Waals surface area contributed by atoms with Gasteiger partial charge in [-0.25, -0.2) is 0 Å². The lowest BCUT2D eigenvalue weighted by Crippen LogP contribution is -2.48. The number of rotatable bonds is 9. The van der Waals surface area contributed by atoms with Gasteiger partial charge in [0, 0.05) is 30.9 Å². The average molecular weight is 530 g/mol. The van der Waals surface area contributed by atoms with Crippen LogP contribution in [0.5, 0.6) is 11.5 Å². The second-order valence-corrected chi connectivity index (χ2v) is 9.75. The summed E-state index contributed by atoms with van der Waals surface area (Å²) in [4.78, 5) is 32.1. The van der Waals surface area contributed by atoms with Crippen molar-refractivity contribution in [2.45, 2.75) is 18.4 Å². The van der Waals surface area contributed by atoms with Crippen molar-refractivity contribution in [3.8, 4) is 11.5 Å². The van der Waals surface area contributed by atoms with Crippen molar-refractivity contribution in [1.82, 2.24) is 10.2 Å². The molecule has 3 aromatic carbocycles. The summed E-state index contributed by atoms with van der Waals surface area (Å²) in [5, 5.41) is 3.18. The molecule has 2 atom stereocenters. The van der Waals surface area contributed by atoms with Crippen LogP contribution in [0.15, 0.2) is 72.8 Å². The topological polar surface area (TPSA) is 80.3 Å². The Morgan fingerprint density at radius 3 is 2.23 bits per heavy atom. The zero-order valence-corrected chi connectivity index (χ0v) is 22.5. The molecule has 0 radical (unpaired) electrons. The van der Waals surface area contributed by atoms with E-state index in [0.29, 0.717) is 29.3 Å². The van der Waals surface area contributed by atoms with Crippen molar-refractivity contribution in [2.75, 3.05) is 58.5 Å². The first kappa shape index (κ1) is 26.7. The molecule has 1 N–H and O–H groups in total. The molecule has 204 valence electrons. The second-order valence-electron chi connectivity index (χ2n) is 9.75. The minimum atomic E-state index is -0.599. The van der Waals surface area contributed by atoms with Gasteiger partial charge in [-0.05, 0) is 66.6 Å². The number of morpholine rings is 1. The van der Waals surface area contributed by atoms with Gasteiger partial charge in [0.05, 0.1) is 39.4 Å². The number of benzene rings is 3. The van der Waals surface area contributed by atoms with Crippen LogP contribution in [-0.2, 0) is 9.53 Å². The highest BCUT2D eigenvalue weighted by Gasteiger charge is 2.44. The van der Waals surface area contributed by atoms with Crippen molar-refractivity contribution in [3.63, 3.8) is 0 Å². The van der Waals surface area contributed by atoms with Gasteiger partial charge in [0.15, 0.2) is 0 Å². The van der Waals surface area contributed by atoms with Crippen LogP contribution in [-0.4, -0.2) is 70.3 Å². The monoisotopic (exact) mass is 529 g/mol. The Morgan fingerprint density at radius 1 is 0.923 bits per heavy atom. The zero-order chi connectivity index (χ0) is 27.2. The Labute approximate surface area is 229 Å². The van der Waals surface area contributed by atoms with Crippen LogP contribution in [0.2, 0.25) is 0 Å². The number of amides is 2. The number of nitrogens with one attached hydrogen (secondary N) is 1. The van der Waals surface area contributed by atoms with E-state index in [1.807, 2.05) is 66.7 Å². The van der Waals surface area contributed by atoms with Crippen molar-refractivity contribution < 1.29 is 23.8 Å². The normalized spacial score (nSPS) is 19.3. The summed E-state index contributed by atoms with van der Waals surface area (Å²) in [6.45, 7) is 4.81. The molecule has 2 aliphatic rings. The van der Waals surface area contributed by atoms with E-state index in [1.54, 1.807) is 25.2 Å². The number of methoxy groups -OCH3 is 2. The van der Waals surface area contributed by atoms with E-state index in [4.69, 9.17) is 14.2 Å². The first-order chi connectivity index (χ1) is 19.1. The molecule has 0 aliphatic carbocycles. The molecule has 0 aromatic heterocycles. The van der Waals surface area contributed by atoms with Gasteiger partial charge < -0.3 is 19.5 Å². The molecule has 39 heavy (non-hydrogen) atoms. The SMILES string of the molecule is COc1ccc([C@@H]2[C@H](C(=O)NCCCN3CCOCC3)c3ccccc3C(=O)N2c2ccc(OC)cc2)cc1. The van der Waals surface area contributed by atoms with Gasteiger partial charge in [-0.1, -0.05) is 30.3 Å². The van der Waals surface area contributed by atoms with Crippen molar-refractivity contribution in [2.24, 2.45) is 0 Å². The van der Waals surface area contributed by atoms with Crippen LogP contribution in [0.4, 0.5) is 5.69 Å². The van der Waals surface area contributed by atoms with Crippen LogP contribution in [0, 0.1) is 0 Å². The van der Waals surface area contributed by atoms with Crippen molar-refractivity contribution >= 4 is 17.5 Å². The second kappa shape index (κ2) is 12.3. The molecule has 1 fully saturated rings. The molecule has 1 saturated heterocycles. The highest BCUT2D eigenvalue weighted by molar-refractivity contribution is 6.11. The quantitative estimate of drug-likeness (QED) is 0.422. The Balaban J connectivity index is 1.49. The summed E-state index contributed by atoms with van der Waals surface area (Å²) in [6, 6.07) is 21.8. The number of carbonyl (C=O) groups is 2. The molecule has 0 spiro atoms. The number of carbonyl (C=O) groups excluding carboxylic acids is 2. The van der Waals surface area contributed by atoms with Gasteiger partial charge in [-0.3, -0.25) is 19.4 Å². The molecule has 0 saturated carbocycles. The maximum atomic E-state index is 14.0. The summed E-state index contributed by atoms with van der Waals surface area (Å²) >= 11 is 0. The van der Waals surface area contributed by atoms with Gasteiger partial charge in [0.1, 0.15) is 11.5 Å². The Morgan fingerprint density at radius 2 is 1.56 bits per heavy atom. The maximum absolute atomic E-state index is 14.0. The molecule has 8 heteroatoms. The molecule has 0 unspecified atom stereocenters. The number of hydrogen-bond acceptors (Lipinski definition) is 6. The fourth-order valence-electron chi connectivity index (χ4n) is 5.44. The number of hydrogen-bond donors (Lipinski definition) is 1. The largest absolute Gasteiger partial charge is 0.497 e. The van der Waals surface area contributed by atoms with Gasteiger partial charge >= 0.3 is 0 Å². The smallest absolute Gasteiger partial charge is 0.259 e. The van der Waals surface area contributed by atoms with E-state index in [2.05, 4.69) is 10.2 Å². The van der Waals surface area contributed by atoms with E-state index in [-0.39, 0.29) is 11.8 Å². The van der Waals surface area contributed by atoms with Crippen LogP contribution in [0.1, 0.15) is 39.9 Å². The van der Waals surface area contributed by atoms with E-state index < -0.39 is 12.0 Å². The fraction of sp³-hybridized carbons (Fsp3) is 0.355. The Kier molecular flexibility index (Phi) is 8.44. The molecule has 2 amide bonds. The first-order valence-electron chi connectivity index (χ1n) is 13.4. The van der Waals surface area contributed by atoms with E-state index in [0.717, 1.165) is 50.4 Å². The van der Waals surface area contributed by atoms with Gasteiger partial charge in [0.25, 0.3) is 5.91 Å². The number of anilines is 1. The van der Waals surface area contributed by atoms with Crippen LogP contribution in [0.25, 0.3) is 0 Å². The van der Waals surface area contributed by atoms with E-state index in [1.165, 1.54) is 0 Å². The number of ether oxygens (including phenoxy) is 3. The minimum Gasteiger partial charge on any atom is -0.497 e. The summed E-state index contributed by atoms with van der Waals surface area (Å²) < 4.78 is 16.2. The average Bonchev–Trinajstić information content (AvgIpc) is 3.00.